The SMILES string of the molecule is CCCc1cc(N2CCOCC2)n2nc3nc(C)cc(C)c3c2n1. The van der Waals surface area contributed by atoms with E-state index in [0.717, 1.165) is 73.0 Å². The predicted molar refractivity (Wildman–Crippen MR) is 94.8 cm³/mol. The van der Waals surface area contributed by atoms with Gasteiger partial charge in [-0.05, 0) is 31.9 Å². The zero-order valence-electron chi connectivity index (χ0n) is 14.5. The van der Waals surface area contributed by atoms with E-state index in [2.05, 4.69) is 35.9 Å². The van der Waals surface area contributed by atoms with Crippen molar-refractivity contribution < 1.29 is 4.74 Å². The summed E-state index contributed by atoms with van der Waals surface area (Å²) in [5, 5.41) is 5.84. The molecule has 0 aliphatic carbocycles. The first-order chi connectivity index (χ1) is 11.7. The fourth-order valence-electron chi connectivity index (χ4n) is 3.46. The average Bonchev–Trinajstić information content (AvgIpc) is 2.93. The zero-order chi connectivity index (χ0) is 16.7. The quantitative estimate of drug-likeness (QED) is 0.741. The molecule has 1 aliphatic heterocycles. The molecule has 3 aromatic rings. The molecule has 3 aromatic heterocycles. The van der Waals surface area contributed by atoms with Crippen LogP contribution in [-0.4, -0.2) is 45.9 Å². The first-order valence-corrected chi connectivity index (χ1v) is 8.66. The molecule has 0 unspecified atom stereocenters. The molecule has 0 bridgehead atoms. The molecule has 6 nitrogen and oxygen atoms in total. The second-order valence-corrected chi connectivity index (χ2v) is 6.47. The normalized spacial score (nSPS) is 15.5. The molecule has 0 spiro atoms. The number of aromatic nitrogens is 4. The fourth-order valence-corrected chi connectivity index (χ4v) is 3.46. The van der Waals surface area contributed by atoms with Gasteiger partial charge < -0.3 is 9.64 Å². The van der Waals surface area contributed by atoms with Gasteiger partial charge in [-0.1, -0.05) is 13.3 Å². The van der Waals surface area contributed by atoms with Crippen molar-refractivity contribution in [1.29, 1.82) is 0 Å². The maximum absolute atomic E-state index is 5.51. The molecule has 0 amide bonds. The van der Waals surface area contributed by atoms with Crippen LogP contribution in [0, 0.1) is 13.8 Å². The Morgan fingerprint density at radius 1 is 1.12 bits per heavy atom. The molecule has 4 rings (SSSR count). The van der Waals surface area contributed by atoms with Gasteiger partial charge in [-0.2, -0.15) is 4.52 Å². The highest BCUT2D eigenvalue weighted by Gasteiger charge is 2.20. The zero-order valence-corrected chi connectivity index (χ0v) is 14.5. The first kappa shape index (κ1) is 15.3. The van der Waals surface area contributed by atoms with Crippen LogP contribution >= 0.6 is 0 Å². The molecule has 24 heavy (non-hydrogen) atoms. The summed E-state index contributed by atoms with van der Waals surface area (Å²) >= 11 is 0. The minimum atomic E-state index is 0.754. The summed E-state index contributed by atoms with van der Waals surface area (Å²) in [7, 11) is 0. The second-order valence-electron chi connectivity index (χ2n) is 6.47. The molecule has 4 heterocycles. The smallest absolute Gasteiger partial charge is 0.184 e. The number of ether oxygens (including phenoxy) is 1. The number of anilines is 1. The molecule has 0 N–H and O–H groups in total. The van der Waals surface area contributed by atoms with Gasteiger partial charge in [-0.25, -0.2) is 9.97 Å². The van der Waals surface area contributed by atoms with Gasteiger partial charge >= 0.3 is 0 Å². The molecular formula is C18H23N5O. The number of hydrogen-bond donors (Lipinski definition) is 0. The highest BCUT2D eigenvalue weighted by atomic mass is 16.5. The summed E-state index contributed by atoms with van der Waals surface area (Å²) in [4.78, 5) is 11.9. The third-order valence-corrected chi connectivity index (χ3v) is 4.55. The summed E-state index contributed by atoms with van der Waals surface area (Å²) in [6.07, 6.45) is 2.05. The Morgan fingerprint density at radius 2 is 1.92 bits per heavy atom. The fraction of sp³-hybridized carbons (Fsp3) is 0.500. The van der Waals surface area contributed by atoms with Crippen LogP contribution in [0.15, 0.2) is 12.1 Å². The maximum atomic E-state index is 5.51. The number of rotatable bonds is 3. The van der Waals surface area contributed by atoms with Gasteiger partial charge in [0.1, 0.15) is 5.82 Å². The van der Waals surface area contributed by atoms with Gasteiger partial charge in [0, 0.05) is 30.5 Å². The lowest BCUT2D eigenvalue weighted by Crippen LogP contribution is -2.37. The molecule has 0 saturated carbocycles. The second kappa shape index (κ2) is 6.02. The van der Waals surface area contributed by atoms with E-state index in [0.29, 0.717) is 0 Å². The highest BCUT2D eigenvalue weighted by molar-refractivity contribution is 5.93. The lowest BCUT2D eigenvalue weighted by atomic mass is 10.2. The predicted octanol–water partition coefficient (Wildman–Crippen LogP) is 2.68. The Hall–Kier alpha value is -2.21. The van der Waals surface area contributed by atoms with Gasteiger partial charge in [0.15, 0.2) is 11.3 Å². The number of pyridine rings is 1. The molecule has 6 heteroatoms. The number of aryl methyl sites for hydroxylation is 3. The lowest BCUT2D eigenvalue weighted by Gasteiger charge is -2.29. The van der Waals surface area contributed by atoms with Gasteiger partial charge in [0.05, 0.1) is 18.6 Å². The Kier molecular flexibility index (Phi) is 3.84. The standard InChI is InChI=1S/C18H23N5O/c1-4-5-14-11-15(22-6-8-24-9-7-22)23-18(20-14)16-12(2)10-13(3)19-17(16)21-23/h10-11H,4-9H2,1-3H3. The summed E-state index contributed by atoms with van der Waals surface area (Å²) in [5.41, 5.74) is 4.99. The maximum Gasteiger partial charge on any atom is 0.184 e. The van der Waals surface area contributed by atoms with E-state index >= 15 is 0 Å². The van der Waals surface area contributed by atoms with Gasteiger partial charge in [-0.3, -0.25) is 0 Å². The Bertz CT molecular complexity index is 895. The van der Waals surface area contributed by atoms with Crippen LogP contribution < -0.4 is 4.90 Å². The minimum Gasteiger partial charge on any atom is -0.378 e. The molecule has 0 atom stereocenters. The molecular weight excluding hydrogens is 302 g/mol. The van der Waals surface area contributed by atoms with Crippen LogP contribution in [0.3, 0.4) is 0 Å². The Balaban J connectivity index is 2.00. The molecule has 0 aromatic carbocycles. The van der Waals surface area contributed by atoms with Gasteiger partial charge in [-0.15, -0.1) is 5.10 Å². The summed E-state index contributed by atoms with van der Waals surface area (Å²) in [6, 6.07) is 4.28. The van der Waals surface area contributed by atoms with Crippen molar-refractivity contribution >= 4 is 22.5 Å². The van der Waals surface area contributed by atoms with Crippen molar-refractivity contribution in [2.45, 2.75) is 33.6 Å². The lowest BCUT2D eigenvalue weighted by molar-refractivity contribution is 0.122. The first-order valence-electron chi connectivity index (χ1n) is 8.66. The minimum absolute atomic E-state index is 0.754. The van der Waals surface area contributed by atoms with Crippen LogP contribution in [0.2, 0.25) is 0 Å². The van der Waals surface area contributed by atoms with Gasteiger partial charge in [0.25, 0.3) is 0 Å². The highest BCUT2D eigenvalue weighted by Crippen LogP contribution is 2.27. The largest absolute Gasteiger partial charge is 0.378 e. The summed E-state index contributed by atoms with van der Waals surface area (Å²) in [6.45, 7) is 9.58. The average molecular weight is 325 g/mol. The van der Waals surface area contributed by atoms with Crippen molar-refractivity contribution in [2.24, 2.45) is 0 Å². The summed E-state index contributed by atoms with van der Waals surface area (Å²) in [5.74, 6) is 1.10. The number of hydrogen-bond acceptors (Lipinski definition) is 5. The number of fused-ring (bicyclic) bond motifs is 3. The molecule has 126 valence electrons. The van der Waals surface area contributed by atoms with E-state index in [1.807, 2.05) is 11.4 Å². The van der Waals surface area contributed by atoms with Crippen molar-refractivity contribution in [3.8, 4) is 0 Å². The van der Waals surface area contributed by atoms with Crippen LogP contribution in [-0.2, 0) is 11.2 Å². The molecule has 0 radical (unpaired) electrons. The number of morpholine rings is 1. The molecule has 1 fully saturated rings. The molecule has 1 aliphatic rings. The summed E-state index contributed by atoms with van der Waals surface area (Å²) < 4.78 is 7.47. The van der Waals surface area contributed by atoms with Crippen LogP contribution in [0.5, 0.6) is 0 Å². The Labute approximate surface area is 141 Å². The van der Waals surface area contributed by atoms with Crippen LogP contribution in [0.25, 0.3) is 16.7 Å². The van der Waals surface area contributed by atoms with Crippen molar-refractivity contribution in [1.82, 2.24) is 19.6 Å². The third-order valence-electron chi connectivity index (χ3n) is 4.55. The Morgan fingerprint density at radius 3 is 2.67 bits per heavy atom. The monoisotopic (exact) mass is 325 g/mol. The van der Waals surface area contributed by atoms with Crippen LogP contribution in [0.4, 0.5) is 5.82 Å². The van der Waals surface area contributed by atoms with Gasteiger partial charge in [0.2, 0.25) is 0 Å². The van der Waals surface area contributed by atoms with E-state index in [9.17, 15) is 0 Å². The molecule has 1 saturated heterocycles. The van der Waals surface area contributed by atoms with E-state index < -0.39 is 0 Å². The third kappa shape index (κ3) is 2.51. The number of nitrogens with zero attached hydrogens (tertiary/aromatic N) is 5. The van der Waals surface area contributed by atoms with Crippen molar-refractivity contribution in [2.75, 3.05) is 31.2 Å². The van der Waals surface area contributed by atoms with E-state index in [-0.39, 0.29) is 0 Å². The van der Waals surface area contributed by atoms with E-state index in [1.54, 1.807) is 0 Å². The van der Waals surface area contributed by atoms with E-state index in [1.165, 1.54) is 5.56 Å². The van der Waals surface area contributed by atoms with Crippen LogP contribution in [0.1, 0.15) is 30.3 Å². The topological polar surface area (TPSA) is 55.6 Å². The van der Waals surface area contributed by atoms with Crippen molar-refractivity contribution in [3.63, 3.8) is 0 Å². The van der Waals surface area contributed by atoms with E-state index in [4.69, 9.17) is 14.8 Å². The van der Waals surface area contributed by atoms with Crippen molar-refractivity contribution in [3.05, 3.63) is 29.1 Å².